The van der Waals surface area contributed by atoms with Crippen molar-refractivity contribution in [2.75, 3.05) is 4.90 Å². The summed E-state index contributed by atoms with van der Waals surface area (Å²) in [5.41, 5.74) is 10.1. The zero-order valence-corrected chi connectivity index (χ0v) is 24.7. The van der Waals surface area contributed by atoms with Gasteiger partial charge in [-0.2, -0.15) is 0 Å². The van der Waals surface area contributed by atoms with Crippen molar-refractivity contribution in [3.05, 3.63) is 141 Å². The summed E-state index contributed by atoms with van der Waals surface area (Å²) in [6.45, 7) is 7.09. The van der Waals surface area contributed by atoms with Crippen LogP contribution < -0.4 is 15.3 Å². The van der Waals surface area contributed by atoms with Crippen LogP contribution in [0.4, 0.5) is 11.4 Å². The maximum Gasteiger partial charge on any atom is 0.0649 e. The number of nitrogens with zero attached hydrogens (tertiary/aromatic N) is 1. The van der Waals surface area contributed by atoms with Gasteiger partial charge in [-0.15, -0.1) is 0 Å². The number of halogens is 1. The van der Waals surface area contributed by atoms with Gasteiger partial charge in [-0.1, -0.05) is 121 Å². The minimum Gasteiger partial charge on any atom is -0.332 e. The van der Waals surface area contributed by atoms with Gasteiger partial charge in [0.15, 0.2) is 0 Å². The minimum atomic E-state index is -0.225. The average Bonchev–Trinajstić information content (AvgIpc) is 3.20. The van der Waals surface area contributed by atoms with E-state index in [1.54, 1.807) is 0 Å². The molecule has 196 valence electrons. The third kappa shape index (κ3) is 4.05. The fraction of sp³-hybridized carbons (Fsp3) is 0.158. The normalized spacial score (nSPS) is 18.1. The molecule has 0 radical (unpaired) electrons. The van der Waals surface area contributed by atoms with Gasteiger partial charge in [0.25, 0.3) is 0 Å². The molecular formula is C38H32BrN. The molecule has 0 spiro atoms. The highest BCUT2D eigenvalue weighted by Gasteiger charge is 2.37. The topological polar surface area (TPSA) is 3.24 Å². The molecule has 0 amide bonds. The van der Waals surface area contributed by atoms with Crippen molar-refractivity contribution in [3.63, 3.8) is 0 Å². The van der Waals surface area contributed by atoms with Gasteiger partial charge in [0, 0.05) is 21.3 Å². The van der Waals surface area contributed by atoms with E-state index in [-0.39, 0.29) is 11.0 Å². The van der Waals surface area contributed by atoms with Crippen LogP contribution in [0.15, 0.2) is 120 Å². The van der Waals surface area contributed by atoms with E-state index in [4.69, 9.17) is 0 Å². The van der Waals surface area contributed by atoms with Crippen molar-refractivity contribution in [2.45, 2.75) is 38.1 Å². The lowest BCUT2D eigenvalue weighted by Crippen LogP contribution is -2.47. The molecule has 0 saturated heterocycles. The zero-order valence-electron chi connectivity index (χ0n) is 23.2. The van der Waals surface area contributed by atoms with E-state index in [9.17, 15) is 0 Å². The van der Waals surface area contributed by atoms with Crippen molar-refractivity contribution in [3.8, 4) is 22.3 Å². The molecule has 1 atom stereocenters. The summed E-state index contributed by atoms with van der Waals surface area (Å²) in [6, 6.07) is 42.3. The van der Waals surface area contributed by atoms with E-state index >= 15 is 0 Å². The second kappa shape index (κ2) is 9.35. The van der Waals surface area contributed by atoms with Gasteiger partial charge in [-0.25, -0.2) is 0 Å². The Morgan fingerprint density at radius 1 is 0.600 bits per heavy atom. The van der Waals surface area contributed by atoms with E-state index in [1.807, 2.05) is 0 Å². The standard InChI is InChI=1S/C38H32BrN/c1-37(2)35-11-7-6-10-33(35)34-21-20-32(24-36(34)37)40(38(3)23-22-26-8-4-5-9-29(26)25-38)31-18-14-28(15-19-31)27-12-16-30(39)17-13-27/h4-22,24-25H,23H2,1-3H3. The van der Waals surface area contributed by atoms with Crippen LogP contribution >= 0.6 is 15.9 Å². The van der Waals surface area contributed by atoms with Crippen molar-refractivity contribution in [1.82, 2.24) is 0 Å². The van der Waals surface area contributed by atoms with Crippen LogP contribution in [0, 0.1) is 0 Å². The minimum absolute atomic E-state index is 0.0467. The van der Waals surface area contributed by atoms with Gasteiger partial charge in [-0.3, -0.25) is 0 Å². The summed E-state index contributed by atoms with van der Waals surface area (Å²) in [5.74, 6) is 0. The Labute approximate surface area is 245 Å². The first-order chi connectivity index (χ1) is 19.3. The summed E-state index contributed by atoms with van der Waals surface area (Å²) in [7, 11) is 0. The molecule has 2 aliphatic carbocycles. The summed E-state index contributed by atoms with van der Waals surface area (Å²) in [6.07, 6.45) is 5.78. The molecule has 0 bridgehead atoms. The largest absolute Gasteiger partial charge is 0.332 e. The van der Waals surface area contributed by atoms with Crippen molar-refractivity contribution >= 4 is 39.5 Å². The lowest BCUT2D eigenvalue weighted by atomic mass is 9.82. The zero-order chi connectivity index (χ0) is 27.5. The molecule has 0 N–H and O–H groups in total. The Balaban J connectivity index is 1.38. The number of hydrogen-bond donors (Lipinski definition) is 0. The van der Waals surface area contributed by atoms with Crippen LogP contribution in [0.3, 0.4) is 0 Å². The molecule has 5 aromatic rings. The van der Waals surface area contributed by atoms with Crippen LogP contribution in [0.2, 0.25) is 0 Å². The smallest absolute Gasteiger partial charge is 0.0649 e. The SMILES string of the molecule is CC1(C)c2ccccc2-c2ccc(N(c3ccc(-c4ccc(Br)cc4)cc3)C3(C)C=c4ccccc4=CC3)cc21. The quantitative estimate of drug-likeness (QED) is 0.205. The number of anilines is 2. The predicted molar refractivity (Wildman–Crippen MR) is 173 cm³/mol. The molecular weight excluding hydrogens is 550 g/mol. The Hall–Kier alpha value is -3.88. The first-order valence-electron chi connectivity index (χ1n) is 14.0. The second-order valence-corrected chi connectivity index (χ2v) is 12.7. The number of benzene rings is 5. The highest BCUT2D eigenvalue weighted by Crippen LogP contribution is 2.50. The lowest BCUT2D eigenvalue weighted by molar-refractivity contribution is 0.613. The monoisotopic (exact) mass is 581 g/mol. The lowest BCUT2D eigenvalue weighted by Gasteiger charge is -2.42. The molecule has 5 aromatic carbocycles. The third-order valence-electron chi connectivity index (χ3n) is 8.84. The fourth-order valence-electron chi connectivity index (χ4n) is 6.71. The molecule has 1 nitrogen and oxygen atoms in total. The fourth-order valence-corrected chi connectivity index (χ4v) is 6.97. The molecule has 0 saturated carbocycles. The van der Waals surface area contributed by atoms with Crippen molar-refractivity contribution in [2.24, 2.45) is 0 Å². The van der Waals surface area contributed by atoms with E-state index in [1.165, 1.54) is 55.2 Å². The molecule has 0 aromatic heterocycles. The molecule has 40 heavy (non-hydrogen) atoms. The van der Waals surface area contributed by atoms with Crippen LogP contribution in [0.1, 0.15) is 38.3 Å². The molecule has 7 rings (SSSR count). The van der Waals surface area contributed by atoms with Gasteiger partial charge in [-0.05, 0) is 93.6 Å². The van der Waals surface area contributed by atoms with E-state index in [0.29, 0.717) is 0 Å². The highest BCUT2D eigenvalue weighted by molar-refractivity contribution is 9.10. The Bertz CT molecular complexity index is 1870. The third-order valence-corrected chi connectivity index (χ3v) is 9.37. The molecule has 0 fully saturated rings. The summed E-state index contributed by atoms with van der Waals surface area (Å²) >= 11 is 3.56. The second-order valence-electron chi connectivity index (χ2n) is 11.8. The van der Waals surface area contributed by atoms with E-state index < -0.39 is 0 Å². The Morgan fingerprint density at radius 2 is 1.20 bits per heavy atom. The number of hydrogen-bond acceptors (Lipinski definition) is 1. The van der Waals surface area contributed by atoms with Crippen molar-refractivity contribution in [1.29, 1.82) is 0 Å². The van der Waals surface area contributed by atoms with Gasteiger partial charge in [0.05, 0.1) is 5.54 Å². The molecule has 0 heterocycles. The van der Waals surface area contributed by atoms with Gasteiger partial charge < -0.3 is 4.90 Å². The van der Waals surface area contributed by atoms with Gasteiger partial charge >= 0.3 is 0 Å². The van der Waals surface area contributed by atoms with Crippen molar-refractivity contribution < 1.29 is 0 Å². The van der Waals surface area contributed by atoms with Crippen LogP contribution in [0.5, 0.6) is 0 Å². The summed E-state index contributed by atoms with van der Waals surface area (Å²) in [5, 5.41) is 2.61. The molecule has 1 unspecified atom stereocenters. The molecule has 0 aliphatic heterocycles. The predicted octanol–water partition coefficient (Wildman–Crippen LogP) is 8.98. The first-order valence-corrected chi connectivity index (χ1v) is 14.8. The maximum atomic E-state index is 3.56. The molecule has 2 aliphatic rings. The van der Waals surface area contributed by atoms with Crippen LogP contribution in [-0.4, -0.2) is 5.54 Å². The number of fused-ring (bicyclic) bond motifs is 4. The Kier molecular flexibility index (Phi) is 5.87. The Morgan fingerprint density at radius 3 is 1.95 bits per heavy atom. The van der Waals surface area contributed by atoms with Crippen LogP contribution in [-0.2, 0) is 5.41 Å². The van der Waals surface area contributed by atoms with Gasteiger partial charge in [0.2, 0.25) is 0 Å². The highest BCUT2D eigenvalue weighted by atomic mass is 79.9. The average molecular weight is 583 g/mol. The first kappa shape index (κ1) is 25.1. The van der Waals surface area contributed by atoms with E-state index in [0.717, 1.165) is 10.9 Å². The van der Waals surface area contributed by atoms with Gasteiger partial charge in [0.1, 0.15) is 0 Å². The maximum absolute atomic E-state index is 3.56. The van der Waals surface area contributed by atoms with E-state index in [2.05, 4.69) is 169 Å². The summed E-state index contributed by atoms with van der Waals surface area (Å²) in [4.78, 5) is 2.55. The summed E-state index contributed by atoms with van der Waals surface area (Å²) < 4.78 is 1.10. The van der Waals surface area contributed by atoms with Crippen LogP contribution in [0.25, 0.3) is 34.4 Å². The number of rotatable bonds is 4. The molecule has 2 heteroatoms.